The molecule has 0 aliphatic rings. The molecule has 0 saturated heterocycles. The van der Waals surface area contributed by atoms with Gasteiger partial charge >= 0.3 is 12.4 Å². The lowest BCUT2D eigenvalue weighted by Crippen LogP contribution is -2.71. The lowest BCUT2D eigenvalue weighted by Gasteiger charge is -2.49. The lowest BCUT2D eigenvalue weighted by molar-refractivity contribution is -0.329. The molecule has 0 heterocycles. The largest absolute Gasteiger partial charge is 0.530 e. The van der Waals surface area contributed by atoms with Crippen LogP contribution in [0.4, 0.5) is 31.1 Å². The monoisotopic (exact) mass is 357 g/mol. The highest BCUT2D eigenvalue weighted by Gasteiger charge is 2.81. The third-order valence-corrected chi connectivity index (χ3v) is 5.81. The van der Waals surface area contributed by atoms with Gasteiger partial charge in [0.25, 0.3) is 5.28 Å². The van der Waals surface area contributed by atoms with E-state index in [9.17, 15) is 40.8 Å². The van der Waals surface area contributed by atoms with Crippen LogP contribution in [0.25, 0.3) is 0 Å². The number of carbonyl (C=O) groups is 1. The van der Waals surface area contributed by atoms with Gasteiger partial charge in [0.1, 0.15) is 6.09 Å². The number of halogens is 6. The fraction of sp³-hybridized carbons (Fsp3) is 0.900. The second kappa shape index (κ2) is 6.66. The van der Waals surface area contributed by atoms with Crippen molar-refractivity contribution in [2.75, 3.05) is 19.8 Å². The van der Waals surface area contributed by atoms with Gasteiger partial charge in [0.05, 0.1) is 0 Å². The zero-order valence-corrected chi connectivity index (χ0v) is 12.9. The Balaban J connectivity index is 6.62. The van der Waals surface area contributed by atoms with Crippen molar-refractivity contribution >= 4 is 13.4 Å². The Morgan fingerprint density at radius 1 is 1.14 bits per heavy atom. The third kappa shape index (κ3) is 3.34. The van der Waals surface area contributed by atoms with Crippen LogP contribution in [0.15, 0.2) is 0 Å². The van der Waals surface area contributed by atoms with Crippen molar-refractivity contribution in [3.05, 3.63) is 0 Å². The first-order chi connectivity index (χ1) is 9.70. The molecular formula is C10H16F6N2O3P-. The zero-order valence-electron chi connectivity index (χ0n) is 12.0. The van der Waals surface area contributed by atoms with E-state index in [0.717, 1.165) is 6.92 Å². The van der Waals surface area contributed by atoms with E-state index in [0.29, 0.717) is 0 Å². The molecule has 0 aromatic heterocycles. The summed E-state index contributed by atoms with van der Waals surface area (Å²) in [5.41, 5.74) is 0. The molecule has 0 aromatic carbocycles. The molecule has 5 nitrogen and oxygen atoms in total. The number of amides is 1. The standard InChI is InChI=1S/C10H17F6N2O3P/c1-4-6-17-22(3,21)8(9(11,12)13,10(14,15)16)18(5-2)7(19)20/h4-6H2,1-3H3,(H,17,21)(H,19,20)/p-1. The van der Waals surface area contributed by atoms with E-state index in [4.69, 9.17) is 0 Å². The van der Waals surface area contributed by atoms with E-state index < -0.39 is 49.0 Å². The maximum Gasteiger partial charge on any atom is 0.429 e. The summed E-state index contributed by atoms with van der Waals surface area (Å²) in [6.45, 7) is 0.822. The maximum atomic E-state index is 13.3. The smallest absolute Gasteiger partial charge is 0.429 e. The molecule has 0 fully saturated rings. The number of nitrogens with one attached hydrogen (secondary N) is 1. The van der Waals surface area contributed by atoms with Crippen molar-refractivity contribution in [3.8, 4) is 0 Å². The van der Waals surface area contributed by atoms with Gasteiger partial charge in [-0.3, -0.25) is 5.09 Å². The Morgan fingerprint density at radius 3 is 1.77 bits per heavy atom. The van der Waals surface area contributed by atoms with E-state index in [1.54, 1.807) is 5.09 Å². The first kappa shape index (κ1) is 21.0. The van der Waals surface area contributed by atoms with E-state index in [-0.39, 0.29) is 13.1 Å². The zero-order chi connectivity index (χ0) is 18.0. The summed E-state index contributed by atoms with van der Waals surface area (Å²) in [6.07, 6.45) is -14.9. The summed E-state index contributed by atoms with van der Waals surface area (Å²) in [6, 6.07) is 0. The second-order valence-corrected chi connectivity index (χ2v) is 7.32. The lowest BCUT2D eigenvalue weighted by atomic mass is 10.2. The topological polar surface area (TPSA) is 72.5 Å². The van der Waals surface area contributed by atoms with Crippen molar-refractivity contribution in [2.24, 2.45) is 0 Å². The Labute approximate surface area is 123 Å². The van der Waals surface area contributed by atoms with Crippen molar-refractivity contribution in [1.82, 2.24) is 9.99 Å². The Bertz CT molecular complexity index is 437. The number of hydrogen-bond donors (Lipinski definition) is 1. The number of carbonyl (C=O) groups excluding carboxylic acids is 1. The molecule has 0 aromatic rings. The second-order valence-electron chi connectivity index (χ2n) is 4.51. The molecule has 1 atom stereocenters. The van der Waals surface area contributed by atoms with Crippen LogP contribution in [0.1, 0.15) is 20.3 Å². The van der Waals surface area contributed by atoms with Crippen LogP contribution in [0, 0.1) is 0 Å². The Morgan fingerprint density at radius 2 is 1.55 bits per heavy atom. The van der Waals surface area contributed by atoms with Crippen LogP contribution < -0.4 is 10.2 Å². The molecule has 132 valence electrons. The quantitative estimate of drug-likeness (QED) is 0.585. The van der Waals surface area contributed by atoms with Crippen LogP contribution in [-0.2, 0) is 4.57 Å². The molecule has 12 heteroatoms. The van der Waals surface area contributed by atoms with Crippen molar-refractivity contribution in [2.45, 2.75) is 37.9 Å². The summed E-state index contributed by atoms with van der Waals surface area (Å²) in [5.74, 6) is 0. The minimum absolute atomic E-state index is 0.0983. The van der Waals surface area contributed by atoms with Gasteiger partial charge in [-0.05, 0) is 13.3 Å². The average molecular weight is 357 g/mol. The van der Waals surface area contributed by atoms with Gasteiger partial charge in [0, 0.05) is 19.8 Å². The molecule has 0 rings (SSSR count). The van der Waals surface area contributed by atoms with Gasteiger partial charge in [-0.1, -0.05) is 6.92 Å². The summed E-state index contributed by atoms with van der Waals surface area (Å²) >= 11 is 0. The molecule has 0 aliphatic heterocycles. The molecule has 0 spiro atoms. The van der Waals surface area contributed by atoms with Crippen LogP contribution in [-0.4, -0.2) is 48.4 Å². The highest BCUT2D eigenvalue weighted by atomic mass is 31.2. The summed E-state index contributed by atoms with van der Waals surface area (Å²) in [7, 11) is -5.31. The normalized spacial score (nSPS) is 16.2. The highest BCUT2D eigenvalue weighted by Crippen LogP contribution is 2.67. The van der Waals surface area contributed by atoms with Gasteiger partial charge in [0.15, 0.2) is 7.29 Å². The minimum atomic E-state index is -6.16. The SMILES string of the molecule is CCCNP(C)(=O)C(N(CC)C(=O)[O-])(C(F)(F)F)C(F)(F)F. The fourth-order valence-corrected chi connectivity index (χ4v) is 4.64. The number of hydrogen-bond acceptors (Lipinski definition) is 3. The van der Waals surface area contributed by atoms with Gasteiger partial charge in [-0.15, -0.1) is 0 Å². The highest BCUT2D eigenvalue weighted by molar-refractivity contribution is 7.62. The summed E-state index contributed by atoms with van der Waals surface area (Å²) in [5, 5.41) is 7.50. The van der Waals surface area contributed by atoms with Crippen LogP contribution in [0.5, 0.6) is 0 Å². The third-order valence-electron chi connectivity index (χ3n) is 3.00. The number of alkyl halides is 6. The molecule has 0 aliphatic carbocycles. The molecule has 0 bridgehead atoms. The predicted molar refractivity (Wildman–Crippen MR) is 64.4 cm³/mol. The Kier molecular flexibility index (Phi) is 6.36. The van der Waals surface area contributed by atoms with E-state index >= 15 is 0 Å². The molecule has 1 amide bonds. The van der Waals surface area contributed by atoms with Crippen molar-refractivity contribution in [1.29, 1.82) is 0 Å². The number of carboxylic acid groups (broad SMARTS) is 1. The predicted octanol–water partition coefficient (Wildman–Crippen LogP) is 2.38. The maximum absolute atomic E-state index is 13.3. The first-order valence-corrected chi connectivity index (χ1v) is 8.30. The summed E-state index contributed by atoms with van der Waals surface area (Å²) in [4.78, 5) is 9.88. The van der Waals surface area contributed by atoms with Crippen LogP contribution in [0.2, 0.25) is 0 Å². The van der Waals surface area contributed by atoms with Crippen LogP contribution in [0.3, 0.4) is 0 Å². The van der Waals surface area contributed by atoms with Crippen molar-refractivity contribution in [3.63, 3.8) is 0 Å². The molecule has 0 radical (unpaired) electrons. The van der Waals surface area contributed by atoms with Gasteiger partial charge < -0.3 is 19.4 Å². The Hall–Kier alpha value is -0.960. The average Bonchev–Trinajstić information content (AvgIpc) is 2.28. The number of nitrogens with zero attached hydrogens (tertiary/aromatic N) is 1. The summed E-state index contributed by atoms with van der Waals surface area (Å²) < 4.78 is 92.3. The van der Waals surface area contributed by atoms with Crippen molar-refractivity contribution < 1.29 is 40.8 Å². The van der Waals surface area contributed by atoms with E-state index in [1.165, 1.54) is 6.92 Å². The number of rotatable bonds is 6. The van der Waals surface area contributed by atoms with Gasteiger partial charge in [-0.2, -0.15) is 26.3 Å². The van der Waals surface area contributed by atoms with E-state index in [2.05, 4.69) is 0 Å². The van der Waals surface area contributed by atoms with Crippen LogP contribution >= 0.6 is 7.29 Å². The first-order valence-electron chi connectivity index (χ1n) is 6.15. The van der Waals surface area contributed by atoms with Gasteiger partial charge in [-0.25, -0.2) is 0 Å². The molecule has 0 saturated carbocycles. The molecule has 1 N–H and O–H groups in total. The molecular weight excluding hydrogens is 341 g/mol. The molecule has 22 heavy (non-hydrogen) atoms. The van der Waals surface area contributed by atoms with Gasteiger partial charge in [0.2, 0.25) is 0 Å². The fourth-order valence-electron chi connectivity index (χ4n) is 2.11. The van der Waals surface area contributed by atoms with E-state index in [1.807, 2.05) is 0 Å². The minimum Gasteiger partial charge on any atom is -0.530 e. The molecule has 1 unspecified atom stereocenters.